The zero-order chi connectivity index (χ0) is 75.2. The van der Waals surface area contributed by atoms with Gasteiger partial charge in [-0.1, -0.05) is 56.1 Å². The van der Waals surface area contributed by atoms with Crippen LogP contribution in [0.5, 0.6) is 0 Å². The molecular weight excluding hydrogens is 1920 g/mol. The topological polar surface area (TPSA) is 288 Å². The van der Waals surface area contributed by atoms with Crippen molar-refractivity contribution in [3.05, 3.63) is 136 Å². The number of aldehydes is 1. The first-order chi connectivity index (χ1) is 49.1. The van der Waals surface area contributed by atoms with Crippen molar-refractivity contribution in [3.63, 3.8) is 0 Å². The Morgan fingerprint density at radius 2 is 0.721 bits per heavy atom. The van der Waals surface area contributed by atoms with E-state index < -0.39 is 35.8 Å². The van der Waals surface area contributed by atoms with Gasteiger partial charge in [-0.2, -0.15) is 0 Å². The first-order valence-corrected chi connectivity index (χ1v) is 58.9. The number of nitrogens with zero attached hydrogens (tertiary/aromatic N) is 2. The Morgan fingerprint density at radius 3 is 1.00 bits per heavy atom. The lowest BCUT2D eigenvalue weighted by Gasteiger charge is -2.16. The van der Waals surface area contributed by atoms with Gasteiger partial charge < -0.3 is 43.3 Å². The number of carbonyl (C=O) groups excluding carboxylic acids is 7. The fourth-order valence-corrected chi connectivity index (χ4v) is 43.3. The summed E-state index contributed by atoms with van der Waals surface area (Å²) in [6.45, 7) is 12.7. The summed E-state index contributed by atoms with van der Waals surface area (Å²) in [7, 11) is 25.7. The molecule has 6 aromatic rings. The summed E-state index contributed by atoms with van der Waals surface area (Å²) in [6, 6.07) is 19.1. The summed E-state index contributed by atoms with van der Waals surface area (Å²) in [4.78, 5) is 89.5. The number of halogens is 4. The second kappa shape index (κ2) is 60.4. The number of nitrogens with one attached hydrogen (secondary N) is 7. The van der Waals surface area contributed by atoms with Gasteiger partial charge in [-0.25, -0.2) is 14.4 Å². The van der Waals surface area contributed by atoms with Gasteiger partial charge in [-0.3, -0.25) is 40.1 Å². The molecule has 19 nitrogen and oxygen atoms in total. The highest BCUT2D eigenvalue weighted by atomic mass is 35.5. The van der Waals surface area contributed by atoms with Crippen molar-refractivity contribution >= 4 is 373 Å². The molecule has 0 aliphatic carbocycles. The Morgan fingerprint density at radius 1 is 0.462 bits per heavy atom. The van der Waals surface area contributed by atoms with Gasteiger partial charge in [0.05, 0.1) is 16.7 Å². The van der Waals surface area contributed by atoms with Gasteiger partial charge in [0, 0.05) is 284 Å². The molecular formula is C55H68Cl4N12O7S26. The Labute approximate surface area is 715 Å². The average Bonchev–Trinajstić information content (AvgIpc) is 1.66. The molecule has 574 valence electrons. The van der Waals surface area contributed by atoms with E-state index in [1.54, 1.807) is 153 Å². The van der Waals surface area contributed by atoms with Crippen LogP contribution in [0.25, 0.3) is 0 Å². The highest BCUT2D eigenvalue weighted by Crippen LogP contribution is 2.39. The number of rotatable bonds is 11. The second-order valence-corrected chi connectivity index (χ2v) is 53.8. The molecule has 0 atom stereocenters. The molecule has 49 heteroatoms. The van der Waals surface area contributed by atoms with E-state index in [-0.39, 0.29) is 19.8 Å². The van der Waals surface area contributed by atoms with E-state index in [2.05, 4.69) is 128 Å². The third-order valence-electron chi connectivity index (χ3n) is 12.9. The number of thiophene rings is 3. The number of carbonyl (C=O) groups is 7. The van der Waals surface area contributed by atoms with Crippen molar-refractivity contribution < 1.29 is 33.6 Å². The maximum absolute atomic E-state index is 12.3. The molecule has 6 heterocycles. The summed E-state index contributed by atoms with van der Waals surface area (Å²) < 4.78 is 0. The minimum atomic E-state index is -0.517. The van der Waals surface area contributed by atoms with Crippen LogP contribution in [0, 0.1) is 0 Å². The number of benzene rings is 3. The van der Waals surface area contributed by atoms with E-state index in [9.17, 15) is 28.8 Å². The van der Waals surface area contributed by atoms with Crippen molar-refractivity contribution in [1.29, 1.82) is 0 Å². The van der Waals surface area contributed by atoms with Gasteiger partial charge in [0.15, 0.2) is 0 Å². The number of nitrogens with two attached hydrogens (primary N) is 3. The highest BCUT2D eigenvalue weighted by molar-refractivity contribution is 8.72. The predicted octanol–water partition coefficient (Wildman–Crippen LogP) is 12.2. The van der Waals surface area contributed by atoms with Crippen LogP contribution in [0.1, 0.15) is 110 Å². The van der Waals surface area contributed by atoms with Gasteiger partial charge in [0.2, 0.25) is 0 Å². The maximum atomic E-state index is 12.3. The predicted molar refractivity (Wildman–Crippen MR) is 504 cm³/mol. The van der Waals surface area contributed by atoms with Gasteiger partial charge in [-0.15, -0.1) is 46.4 Å². The van der Waals surface area contributed by atoms with Crippen molar-refractivity contribution in [2.75, 3.05) is 64.6 Å². The zero-order valence-electron chi connectivity index (χ0n) is 53.5. The van der Waals surface area contributed by atoms with Crippen LogP contribution in [0.3, 0.4) is 0 Å². The monoisotopic (exact) mass is 1980 g/mol. The number of primary amides is 3. The van der Waals surface area contributed by atoms with Crippen LogP contribution < -0.4 is 54.4 Å². The molecule has 9 rings (SSSR count). The van der Waals surface area contributed by atoms with Crippen molar-refractivity contribution in [1.82, 2.24) is 15.1 Å². The van der Waals surface area contributed by atoms with E-state index in [1.807, 2.05) is 0 Å². The molecule has 0 saturated carbocycles. The van der Waals surface area contributed by atoms with Crippen molar-refractivity contribution in [2.24, 2.45) is 17.2 Å². The average molecular weight is 1980 g/mol. The number of amides is 9. The first-order valence-electron chi connectivity index (χ1n) is 28.6. The molecule has 3 aromatic carbocycles. The lowest BCUT2D eigenvalue weighted by atomic mass is 10.1. The smallest absolute Gasteiger partial charge is 0.324 e. The molecule has 0 spiro atoms. The van der Waals surface area contributed by atoms with Gasteiger partial charge in [0.25, 0.3) is 17.7 Å². The number of urea groups is 3. The summed E-state index contributed by atoms with van der Waals surface area (Å²) in [6.07, 6.45) is 5.97. The summed E-state index contributed by atoms with van der Waals surface area (Å²) in [5.41, 5.74) is 22.8. The molecule has 3 aromatic heterocycles. The number of fused-ring (bicyclic) bond motifs is 3. The van der Waals surface area contributed by atoms with Gasteiger partial charge in [-0.05, 0) is 168 Å². The number of hydrogen-bond acceptors (Lipinski definition) is 19. The van der Waals surface area contributed by atoms with Crippen LogP contribution in [-0.4, -0.2) is 84.6 Å². The van der Waals surface area contributed by atoms with Gasteiger partial charge in [0.1, 0.15) is 21.3 Å². The minimum Gasteiger partial charge on any atom is -0.365 e. The van der Waals surface area contributed by atoms with Crippen LogP contribution >= 0.6 is 81.2 Å². The molecule has 0 unspecified atom stereocenters. The van der Waals surface area contributed by atoms with Crippen LogP contribution in [0.15, 0.2) is 72.8 Å². The Kier molecular flexibility index (Phi) is 58.5. The molecule has 3 aliphatic rings. The SMILES string of the molecule is C.CC=O.CCN1CCCc2c(sc(NC(=O)Nc3ccc(Cl)cc3)c2C(N)=O)C1.CCN1CCCc2c(sc(NC(=O)Nc3ccc(Cl)cc3)c2C(N)=O)C1.Cl.NC(=O)c1c(NC(=O)Nc2ccc(Cl)cc2)sc2c1CCCNC2.S=S=S=S=S=S.S=S=S=S=S=S=S=S.S=S=S=S=S=S=S=S=S. The van der Waals surface area contributed by atoms with E-state index in [0.717, 1.165) is 122 Å². The fraction of sp³-hybridized carbons (Fsp3) is 0.327. The van der Waals surface area contributed by atoms with E-state index in [1.165, 1.54) is 112 Å². The first kappa shape index (κ1) is 101. The van der Waals surface area contributed by atoms with Crippen molar-refractivity contribution in [2.45, 2.75) is 86.4 Å². The van der Waals surface area contributed by atoms with Crippen molar-refractivity contribution in [3.8, 4) is 0 Å². The Bertz CT molecular complexity index is 4490. The normalized spacial score (nSPS) is 11.9. The number of hydrogen-bond donors (Lipinski definition) is 10. The lowest BCUT2D eigenvalue weighted by Crippen LogP contribution is -2.22. The third kappa shape index (κ3) is 39.8. The van der Waals surface area contributed by atoms with E-state index in [4.69, 9.17) is 56.8 Å². The van der Waals surface area contributed by atoms with Gasteiger partial charge >= 0.3 is 18.1 Å². The van der Waals surface area contributed by atoms with Crippen LogP contribution in [0.4, 0.5) is 46.4 Å². The molecule has 0 radical (unpaired) electrons. The number of anilines is 6. The van der Waals surface area contributed by atoms with E-state index in [0.29, 0.717) is 70.4 Å². The van der Waals surface area contributed by atoms with E-state index >= 15 is 0 Å². The summed E-state index contributed by atoms with van der Waals surface area (Å²) in [5.74, 6) is -1.53. The fourth-order valence-electron chi connectivity index (χ4n) is 8.95. The molecule has 0 saturated heterocycles. The zero-order valence-corrected chi connectivity index (χ0v) is 77.9. The minimum absolute atomic E-state index is 0. The summed E-state index contributed by atoms with van der Waals surface area (Å²) >= 11 is 49.3. The molecule has 9 amide bonds. The molecule has 3 aliphatic heterocycles. The molecule has 104 heavy (non-hydrogen) atoms. The Hall–Kier alpha value is -1.25. The highest BCUT2D eigenvalue weighted by Gasteiger charge is 2.29. The van der Waals surface area contributed by atoms with Crippen LogP contribution in [-0.2, 0) is 262 Å². The molecule has 0 bridgehead atoms. The summed E-state index contributed by atoms with van der Waals surface area (Å²) in [5, 5.41) is 23.0. The largest absolute Gasteiger partial charge is 0.365 e. The molecule has 0 fully saturated rings. The standard InChI is InChI=1S/2C18H21ClN4O2S.C16H17ClN4O2S.C2H4O.CH4.ClH.S9.S8.S6/c2*1-2-23-9-3-4-13-14(10-23)26-17(15(13)16(20)24)22-18(25)21-12-7-5-11(19)6-8-12;17-9-3-5-10(6-4-9)20-16(23)21-15-13(14(18)22)11-2-1-7-19-8-12(11)24-15;1-2-3;;;1-3-5-7-9-8-6-4-2;1-3-5-7-8-6-4-2;1-3-5-6-4-2/h2*5-8H,2-4,9-10H2,1H3,(H2,20,24)(H2,21,22,25);3-6,19H,1-2,7-8H2,(H2,18,22)(H2,20,21,23);2H,1H3;1H4;1H;;;. The lowest BCUT2D eigenvalue weighted by molar-refractivity contribution is -0.106. The molecule has 13 N–H and O–H groups in total. The quantitative estimate of drug-likeness (QED) is 0.0540. The third-order valence-corrected chi connectivity index (χ3v) is 48.2. The second-order valence-electron chi connectivity index (χ2n) is 19.1. The Balaban J connectivity index is 0.000000661. The maximum Gasteiger partial charge on any atom is 0.324 e. The van der Waals surface area contributed by atoms with Crippen LogP contribution in [0.2, 0.25) is 15.1 Å².